The quantitative estimate of drug-likeness (QED) is 0.536. The molecule has 0 unspecified atom stereocenters. The molecule has 4 nitrogen and oxygen atoms in total. The van der Waals surface area contributed by atoms with Gasteiger partial charge in [-0.25, -0.2) is 0 Å². The van der Waals surface area contributed by atoms with Crippen molar-refractivity contribution in [2.45, 2.75) is 63.8 Å². The van der Waals surface area contributed by atoms with Crippen LogP contribution < -0.4 is 11.1 Å². The Kier molecular flexibility index (Phi) is 3.46. The van der Waals surface area contributed by atoms with Crippen molar-refractivity contribution in [1.82, 2.24) is 5.32 Å². The van der Waals surface area contributed by atoms with Gasteiger partial charge < -0.3 is 16.2 Å². The molecule has 108 valence electrons. The second-order valence-electron chi connectivity index (χ2n) is 7.19. The van der Waals surface area contributed by atoms with Crippen molar-refractivity contribution >= 4 is 5.96 Å². The van der Waals surface area contributed by atoms with Gasteiger partial charge in [-0.15, -0.1) is 0 Å². The minimum Gasteiger partial charge on any atom is -0.396 e. The third kappa shape index (κ3) is 2.60. The lowest BCUT2D eigenvalue weighted by atomic mass is 9.45. The van der Waals surface area contributed by atoms with Crippen molar-refractivity contribution < 1.29 is 5.11 Å². The number of nitrogens with one attached hydrogen (secondary N) is 1. The first kappa shape index (κ1) is 13.2. The first-order chi connectivity index (χ1) is 9.15. The van der Waals surface area contributed by atoms with E-state index in [0.29, 0.717) is 24.0 Å². The smallest absolute Gasteiger partial charge is 0.188 e. The van der Waals surface area contributed by atoms with Crippen LogP contribution in [0.2, 0.25) is 0 Å². The summed E-state index contributed by atoms with van der Waals surface area (Å²) in [6.45, 7) is 0.950. The van der Waals surface area contributed by atoms with Gasteiger partial charge in [0.05, 0.1) is 13.2 Å². The first-order valence-electron chi connectivity index (χ1n) is 7.83. The zero-order valence-electron chi connectivity index (χ0n) is 11.8. The number of aliphatic imine (C=N–C) groups is 1. The summed E-state index contributed by atoms with van der Waals surface area (Å²) >= 11 is 0. The molecule has 1 spiro atoms. The largest absolute Gasteiger partial charge is 0.396 e. The molecule has 0 radical (unpaired) electrons. The Hall–Kier alpha value is -0.770. The fraction of sp³-hybridized carbons (Fsp3) is 0.933. The lowest BCUT2D eigenvalue weighted by molar-refractivity contribution is -0.114. The average Bonchev–Trinajstić information content (AvgIpc) is 2.79. The second kappa shape index (κ2) is 4.97. The maximum absolute atomic E-state index is 9.66. The molecular weight excluding hydrogens is 238 g/mol. The van der Waals surface area contributed by atoms with E-state index in [0.717, 1.165) is 12.8 Å². The Bertz CT molecular complexity index is 348. The molecule has 0 bridgehead atoms. The van der Waals surface area contributed by atoms with Crippen LogP contribution in [-0.4, -0.2) is 30.3 Å². The number of guanidine groups is 1. The number of hydrogen-bond donors (Lipinski definition) is 3. The molecule has 0 atom stereocenters. The summed E-state index contributed by atoms with van der Waals surface area (Å²) in [5.74, 6) is 0.578. The van der Waals surface area contributed by atoms with Gasteiger partial charge in [-0.3, -0.25) is 4.99 Å². The third-order valence-corrected chi connectivity index (χ3v) is 5.54. The van der Waals surface area contributed by atoms with E-state index >= 15 is 0 Å². The topological polar surface area (TPSA) is 70.6 Å². The number of nitrogens with two attached hydrogens (primary N) is 1. The number of rotatable bonds is 4. The van der Waals surface area contributed by atoms with Crippen molar-refractivity contribution in [2.75, 3.05) is 13.2 Å². The maximum Gasteiger partial charge on any atom is 0.188 e. The minimum atomic E-state index is 0.0302. The SMILES string of the molecule is NC(=NCC1(CO)CC2(CCC2)C1)NC1CCCC1. The summed E-state index contributed by atoms with van der Waals surface area (Å²) in [5, 5.41) is 13.0. The van der Waals surface area contributed by atoms with Crippen LogP contribution in [0.5, 0.6) is 0 Å². The summed E-state index contributed by atoms with van der Waals surface area (Å²) in [7, 11) is 0. The molecule has 19 heavy (non-hydrogen) atoms. The van der Waals surface area contributed by atoms with Gasteiger partial charge in [-0.05, 0) is 43.9 Å². The molecule has 0 aromatic heterocycles. The van der Waals surface area contributed by atoms with Crippen LogP contribution in [0.3, 0.4) is 0 Å². The van der Waals surface area contributed by atoms with Gasteiger partial charge in [0.1, 0.15) is 0 Å². The molecule has 0 heterocycles. The van der Waals surface area contributed by atoms with Crippen molar-refractivity contribution in [3.8, 4) is 0 Å². The van der Waals surface area contributed by atoms with Crippen LogP contribution in [0.25, 0.3) is 0 Å². The first-order valence-corrected chi connectivity index (χ1v) is 7.83. The minimum absolute atomic E-state index is 0.0302. The van der Waals surface area contributed by atoms with Crippen LogP contribution in [-0.2, 0) is 0 Å². The standard InChI is InChI=1S/C15H27N3O/c16-13(18-12-4-1-2-5-12)17-10-15(11-19)8-14(9-15)6-3-7-14/h12,19H,1-11H2,(H3,16,17,18). The summed E-state index contributed by atoms with van der Waals surface area (Å²) in [5.41, 5.74) is 6.57. The highest BCUT2D eigenvalue weighted by molar-refractivity contribution is 5.78. The molecule has 3 aliphatic rings. The average molecular weight is 265 g/mol. The van der Waals surface area contributed by atoms with Crippen LogP contribution >= 0.6 is 0 Å². The molecule has 4 heteroatoms. The van der Waals surface area contributed by atoms with E-state index in [-0.39, 0.29) is 12.0 Å². The molecule has 0 saturated heterocycles. The summed E-state index contributed by atoms with van der Waals surface area (Å²) in [6.07, 6.45) is 11.4. The summed E-state index contributed by atoms with van der Waals surface area (Å²) in [6, 6.07) is 0.521. The van der Waals surface area contributed by atoms with E-state index in [1.807, 2.05) is 0 Å². The fourth-order valence-electron chi connectivity index (χ4n) is 4.42. The van der Waals surface area contributed by atoms with Gasteiger partial charge >= 0.3 is 0 Å². The Labute approximate surface area is 115 Å². The summed E-state index contributed by atoms with van der Waals surface area (Å²) in [4.78, 5) is 4.50. The Morgan fingerprint density at radius 1 is 1.21 bits per heavy atom. The van der Waals surface area contributed by atoms with Crippen LogP contribution in [0, 0.1) is 10.8 Å². The van der Waals surface area contributed by atoms with Crippen molar-refractivity contribution in [2.24, 2.45) is 21.6 Å². The normalized spacial score (nSPS) is 29.0. The monoisotopic (exact) mass is 265 g/mol. The molecule has 3 aliphatic carbocycles. The van der Waals surface area contributed by atoms with Gasteiger partial charge in [0.25, 0.3) is 0 Å². The van der Waals surface area contributed by atoms with Gasteiger partial charge in [-0.2, -0.15) is 0 Å². The molecule has 3 fully saturated rings. The molecule has 3 saturated carbocycles. The highest BCUT2D eigenvalue weighted by atomic mass is 16.3. The van der Waals surface area contributed by atoms with Crippen molar-refractivity contribution in [3.63, 3.8) is 0 Å². The van der Waals surface area contributed by atoms with E-state index in [2.05, 4.69) is 10.3 Å². The van der Waals surface area contributed by atoms with E-state index in [4.69, 9.17) is 5.73 Å². The highest BCUT2D eigenvalue weighted by Crippen LogP contribution is 2.64. The molecule has 0 aromatic carbocycles. The maximum atomic E-state index is 9.66. The zero-order chi connectivity index (χ0) is 13.3. The zero-order valence-corrected chi connectivity index (χ0v) is 11.8. The number of hydrogen-bond acceptors (Lipinski definition) is 2. The van der Waals surface area contributed by atoms with Crippen LogP contribution in [0.1, 0.15) is 57.8 Å². The second-order valence-corrected chi connectivity index (χ2v) is 7.19. The molecule has 0 amide bonds. The van der Waals surface area contributed by atoms with E-state index < -0.39 is 0 Å². The van der Waals surface area contributed by atoms with Gasteiger partial charge in [0.15, 0.2) is 5.96 Å². The van der Waals surface area contributed by atoms with Crippen molar-refractivity contribution in [3.05, 3.63) is 0 Å². The van der Waals surface area contributed by atoms with Crippen molar-refractivity contribution in [1.29, 1.82) is 0 Å². The Balaban J connectivity index is 1.49. The number of aliphatic hydroxyl groups excluding tert-OH is 1. The molecular formula is C15H27N3O. The number of aliphatic hydroxyl groups is 1. The van der Waals surface area contributed by atoms with Gasteiger partial charge in [0, 0.05) is 11.5 Å². The van der Waals surface area contributed by atoms with E-state index in [9.17, 15) is 5.11 Å². The molecule has 0 aromatic rings. The van der Waals surface area contributed by atoms with Crippen LogP contribution in [0.15, 0.2) is 4.99 Å². The molecule has 0 aliphatic heterocycles. The lowest BCUT2D eigenvalue weighted by Crippen LogP contribution is -2.54. The molecule has 3 rings (SSSR count). The van der Waals surface area contributed by atoms with Gasteiger partial charge in [0.2, 0.25) is 0 Å². The third-order valence-electron chi connectivity index (χ3n) is 5.54. The van der Waals surface area contributed by atoms with E-state index in [1.54, 1.807) is 0 Å². The van der Waals surface area contributed by atoms with E-state index in [1.165, 1.54) is 44.9 Å². The summed E-state index contributed by atoms with van der Waals surface area (Å²) < 4.78 is 0. The Morgan fingerprint density at radius 2 is 1.89 bits per heavy atom. The Morgan fingerprint density at radius 3 is 2.42 bits per heavy atom. The predicted molar refractivity (Wildman–Crippen MR) is 76.9 cm³/mol. The van der Waals surface area contributed by atoms with Crippen LogP contribution in [0.4, 0.5) is 0 Å². The fourth-order valence-corrected chi connectivity index (χ4v) is 4.42. The number of nitrogens with zero attached hydrogens (tertiary/aromatic N) is 1. The van der Waals surface area contributed by atoms with Gasteiger partial charge in [-0.1, -0.05) is 19.3 Å². The lowest BCUT2D eigenvalue weighted by Gasteiger charge is -2.60. The predicted octanol–water partition coefficient (Wildman–Crippen LogP) is 1.78. The highest BCUT2D eigenvalue weighted by Gasteiger charge is 2.56. The molecule has 4 N–H and O–H groups in total.